The van der Waals surface area contributed by atoms with Gasteiger partial charge in [-0.15, -0.1) is 4.36 Å². The van der Waals surface area contributed by atoms with E-state index in [1.54, 1.807) is 20.8 Å². The number of hydrogen-bond donors (Lipinski definition) is 3. The predicted molar refractivity (Wildman–Crippen MR) is 121 cm³/mol. The van der Waals surface area contributed by atoms with Crippen molar-refractivity contribution in [2.24, 2.45) is 4.36 Å². The van der Waals surface area contributed by atoms with Gasteiger partial charge in [-0.05, 0) is 61.4 Å². The Hall–Kier alpha value is -1.84. The molecule has 0 aliphatic carbocycles. The third-order valence-corrected chi connectivity index (χ3v) is 6.87. The van der Waals surface area contributed by atoms with Crippen molar-refractivity contribution in [1.29, 1.82) is 0 Å². The lowest BCUT2D eigenvalue weighted by Crippen LogP contribution is -2.15. The number of nitrogens with one attached hydrogen (secondary N) is 1. The standard InChI is InChI=1S/C21H30FN3O3S2/c1-11(2)15-8-14(22)9-16(12(3)4)18(15)13(5)19(26)25-30(28)24-17-10-23-20(29-17)21(6,7)27/h8-13,27,30H,1-7H3,(H,24,25,26,28). The summed E-state index contributed by atoms with van der Waals surface area (Å²) in [7, 11) is -2.41. The van der Waals surface area contributed by atoms with Gasteiger partial charge in [-0.2, -0.15) is 0 Å². The maximum atomic E-state index is 14.1. The fraction of sp³-hybridized carbons (Fsp3) is 0.524. The number of hydrogen-bond acceptors (Lipinski definition) is 5. The second-order valence-corrected chi connectivity index (χ2v) is 10.4. The summed E-state index contributed by atoms with van der Waals surface area (Å²) in [5, 5.41) is 10.9. The van der Waals surface area contributed by atoms with Gasteiger partial charge in [0.25, 0.3) is 5.91 Å². The molecule has 0 aliphatic rings. The molecule has 2 atom stereocenters. The fourth-order valence-electron chi connectivity index (χ4n) is 3.14. The molecule has 6 nitrogen and oxygen atoms in total. The van der Waals surface area contributed by atoms with Crippen LogP contribution in [0.2, 0.25) is 0 Å². The van der Waals surface area contributed by atoms with Crippen molar-refractivity contribution in [2.45, 2.75) is 71.8 Å². The number of aromatic nitrogens is 1. The van der Waals surface area contributed by atoms with Crippen molar-refractivity contribution < 1.29 is 18.5 Å². The van der Waals surface area contributed by atoms with Gasteiger partial charge in [0, 0.05) is 0 Å². The molecule has 30 heavy (non-hydrogen) atoms. The van der Waals surface area contributed by atoms with Gasteiger partial charge in [0.05, 0.1) is 12.1 Å². The Labute approximate surface area is 183 Å². The van der Waals surface area contributed by atoms with Gasteiger partial charge < -0.3 is 5.11 Å². The SMILES string of the molecule is CC(C)c1cc(F)cc(C(C)C)c1C(C)C(=O)/N=[SH](=O)\Nc1cnc(C(C)(C)O)s1. The van der Waals surface area contributed by atoms with E-state index in [-0.39, 0.29) is 17.7 Å². The molecule has 0 saturated heterocycles. The number of carbonyl (C=O) groups excluding carboxylic acids is 1. The van der Waals surface area contributed by atoms with Gasteiger partial charge in [-0.25, -0.2) is 13.6 Å². The molecule has 2 aromatic rings. The predicted octanol–water partition coefficient (Wildman–Crippen LogP) is 5.08. The Morgan fingerprint density at radius 3 is 2.17 bits per heavy atom. The highest BCUT2D eigenvalue weighted by Crippen LogP contribution is 2.35. The van der Waals surface area contributed by atoms with Crippen molar-refractivity contribution in [3.63, 3.8) is 0 Å². The van der Waals surface area contributed by atoms with E-state index in [2.05, 4.69) is 14.1 Å². The van der Waals surface area contributed by atoms with Crippen molar-refractivity contribution in [1.82, 2.24) is 4.98 Å². The van der Waals surface area contributed by atoms with E-state index in [4.69, 9.17) is 0 Å². The van der Waals surface area contributed by atoms with Crippen LogP contribution in [0.15, 0.2) is 22.7 Å². The van der Waals surface area contributed by atoms with Crippen molar-refractivity contribution >= 4 is 33.0 Å². The largest absolute Gasteiger partial charge is 0.383 e. The van der Waals surface area contributed by atoms with Gasteiger partial charge in [0.1, 0.15) is 32.2 Å². The summed E-state index contributed by atoms with van der Waals surface area (Å²) >= 11 is 1.15. The molecule has 0 spiro atoms. The molecule has 0 saturated carbocycles. The highest BCUT2D eigenvalue weighted by molar-refractivity contribution is 7.77. The summed E-state index contributed by atoms with van der Waals surface area (Å²) in [6.07, 6.45) is 1.45. The Balaban J connectivity index is 2.33. The van der Waals surface area contributed by atoms with Crippen LogP contribution in [-0.4, -0.2) is 20.2 Å². The number of nitrogens with zero attached hydrogens (tertiary/aromatic N) is 2. The zero-order chi connectivity index (χ0) is 22.8. The number of benzene rings is 1. The Bertz CT molecular complexity index is 974. The highest BCUT2D eigenvalue weighted by atomic mass is 32.2. The number of thiol groups is 1. The first-order chi connectivity index (χ1) is 13.8. The van der Waals surface area contributed by atoms with Gasteiger partial charge in [0.2, 0.25) is 0 Å². The van der Waals surface area contributed by atoms with Crippen LogP contribution in [0.4, 0.5) is 9.39 Å². The van der Waals surface area contributed by atoms with Crippen molar-refractivity contribution in [3.05, 3.63) is 45.8 Å². The molecule has 0 fully saturated rings. The van der Waals surface area contributed by atoms with E-state index in [1.807, 2.05) is 27.7 Å². The lowest BCUT2D eigenvalue weighted by atomic mass is 9.82. The van der Waals surface area contributed by atoms with Gasteiger partial charge in [-0.1, -0.05) is 39.0 Å². The van der Waals surface area contributed by atoms with Crippen LogP contribution in [-0.2, 0) is 21.2 Å². The molecule has 2 N–H and O–H groups in total. The minimum absolute atomic E-state index is 0.0211. The molecule has 0 bridgehead atoms. The molecule has 1 aromatic carbocycles. The molecule has 1 amide bonds. The molecule has 2 rings (SSSR count). The van der Waals surface area contributed by atoms with Crippen LogP contribution in [0.1, 0.15) is 87.9 Å². The average Bonchev–Trinajstić information content (AvgIpc) is 3.08. The Kier molecular flexibility index (Phi) is 7.76. The first-order valence-electron chi connectivity index (χ1n) is 9.82. The number of rotatable bonds is 7. The Morgan fingerprint density at radius 1 is 1.20 bits per heavy atom. The summed E-state index contributed by atoms with van der Waals surface area (Å²) in [4.78, 5) is 16.9. The summed E-state index contributed by atoms with van der Waals surface area (Å²) in [5.74, 6) is -1.48. The quantitative estimate of drug-likeness (QED) is 0.508. The fourth-order valence-corrected chi connectivity index (χ4v) is 4.88. The molecule has 0 radical (unpaired) electrons. The van der Waals surface area contributed by atoms with E-state index < -0.39 is 28.2 Å². The monoisotopic (exact) mass is 455 g/mol. The topological polar surface area (TPSA) is 91.7 Å². The first-order valence-corrected chi connectivity index (χ1v) is 11.9. The minimum atomic E-state index is -2.41. The smallest absolute Gasteiger partial charge is 0.262 e. The number of anilines is 1. The van der Waals surface area contributed by atoms with Gasteiger partial charge in [-0.3, -0.25) is 9.52 Å². The second kappa shape index (κ2) is 9.53. The molecular weight excluding hydrogens is 425 g/mol. The van der Waals surface area contributed by atoms with Crippen LogP contribution < -0.4 is 4.72 Å². The van der Waals surface area contributed by atoms with Crippen LogP contribution in [0.3, 0.4) is 0 Å². The number of amides is 1. The molecular formula is C21H30FN3O3S2. The minimum Gasteiger partial charge on any atom is -0.383 e. The van der Waals surface area contributed by atoms with E-state index in [0.717, 1.165) is 28.0 Å². The molecule has 166 valence electrons. The summed E-state index contributed by atoms with van der Waals surface area (Å²) < 4.78 is 33.0. The van der Waals surface area contributed by atoms with Crippen molar-refractivity contribution in [2.75, 3.05) is 4.72 Å². The average molecular weight is 456 g/mol. The zero-order valence-corrected chi connectivity index (χ0v) is 20.1. The van der Waals surface area contributed by atoms with Crippen LogP contribution in [0, 0.1) is 5.82 Å². The third kappa shape index (κ3) is 5.86. The van der Waals surface area contributed by atoms with Crippen LogP contribution in [0.5, 0.6) is 0 Å². The van der Waals surface area contributed by atoms with E-state index in [0.29, 0.717) is 10.0 Å². The van der Waals surface area contributed by atoms with E-state index in [1.165, 1.54) is 18.3 Å². The van der Waals surface area contributed by atoms with E-state index >= 15 is 0 Å². The zero-order valence-electron chi connectivity index (χ0n) is 18.4. The van der Waals surface area contributed by atoms with Crippen molar-refractivity contribution in [3.8, 4) is 0 Å². The number of carbonyl (C=O) groups is 1. The first kappa shape index (κ1) is 24.4. The van der Waals surface area contributed by atoms with Gasteiger partial charge in [0.15, 0.2) is 0 Å². The van der Waals surface area contributed by atoms with Crippen LogP contribution in [0.25, 0.3) is 0 Å². The third-order valence-electron chi connectivity index (χ3n) is 4.68. The highest BCUT2D eigenvalue weighted by Gasteiger charge is 2.25. The number of halogens is 1. The molecule has 2 unspecified atom stereocenters. The molecule has 9 heteroatoms. The summed E-state index contributed by atoms with van der Waals surface area (Å²) in [6, 6.07) is 2.92. The maximum absolute atomic E-state index is 14.1. The molecule has 1 heterocycles. The Morgan fingerprint density at radius 2 is 1.73 bits per heavy atom. The molecule has 0 aliphatic heterocycles. The lowest BCUT2D eigenvalue weighted by Gasteiger charge is -2.23. The second-order valence-electron chi connectivity index (χ2n) is 8.44. The normalized spacial score (nSPS) is 14.4. The van der Waals surface area contributed by atoms with Crippen LogP contribution >= 0.6 is 11.3 Å². The maximum Gasteiger partial charge on any atom is 0.262 e. The number of thiazole rings is 1. The summed E-state index contributed by atoms with van der Waals surface area (Å²) in [5.41, 5.74) is 1.16. The van der Waals surface area contributed by atoms with Gasteiger partial charge >= 0.3 is 0 Å². The number of aliphatic hydroxyl groups is 1. The van der Waals surface area contributed by atoms with E-state index in [9.17, 15) is 18.5 Å². The summed E-state index contributed by atoms with van der Waals surface area (Å²) in [6.45, 7) is 12.7. The molecule has 1 aromatic heterocycles. The lowest BCUT2D eigenvalue weighted by molar-refractivity contribution is -0.118.